The largest absolute Gasteiger partial charge is 0.306 e. The Bertz CT molecular complexity index is 566. The molecule has 0 radical (unpaired) electrons. The molecule has 0 bridgehead atoms. The van der Waals surface area contributed by atoms with Crippen LogP contribution in [0.15, 0.2) is 36.4 Å². The molecule has 0 saturated carbocycles. The summed E-state index contributed by atoms with van der Waals surface area (Å²) in [6.07, 6.45) is 1.16. The lowest BCUT2D eigenvalue weighted by Crippen LogP contribution is -2.21. The first-order valence-corrected chi connectivity index (χ1v) is 8.69. The Morgan fingerprint density at radius 3 is 2.19 bits per heavy atom. The van der Waals surface area contributed by atoms with Gasteiger partial charge in [-0.2, -0.15) is 0 Å². The Kier molecular flexibility index (Phi) is 5.23. The highest BCUT2D eigenvalue weighted by atomic mass is 32.1. The highest BCUT2D eigenvalue weighted by molar-refractivity contribution is 7.12. The van der Waals surface area contributed by atoms with Crippen molar-refractivity contribution in [3.63, 3.8) is 0 Å². The molecule has 0 saturated heterocycles. The van der Waals surface area contributed by atoms with E-state index in [9.17, 15) is 0 Å². The third-order valence-electron chi connectivity index (χ3n) is 4.36. The molecule has 0 amide bonds. The van der Waals surface area contributed by atoms with Crippen LogP contribution >= 0.6 is 11.3 Å². The van der Waals surface area contributed by atoms with Gasteiger partial charge in [0.1, 0.15) is 0 Å². The lowest BCUT2D eigenvalue weighted by molar-refractivity contribution is 0.506. The summed E-state index contributed by atoms with van der Waals surface area (Å²) >= 11 is 1.88. The fraction of sp³-hybridized carbons (Fsp3) is 0.474. The van der Waals surface area contributed by atoms with E-state index in [1.165, 1.54) is 20.9 Å². The number of hydrogen-bond acceptors (Lipinski definition) is 2. The Labute approximate surface area is 133 Å². The van der Waals surface area contributed by atoms with Crippen molar-refractivity contribution in [3.05, 3.63) is 57.3 Å². The van der Waals surface area contributed by atoms with Gasteiger partial charge in [0, 0.05) is 9.75 Å². The Balaban J connectivity index is 2.29. The van der Waals surface area contributed by atoms with E-state index in [-0.39, 0.29) is 5.41 Å². The average molecular weight is 301 g/mol. The predicted octanol–water partition coefficient (Wildman–Crippen LogP) is 5.44. The maximum absolute atomic E-state index is 3.61. The zero-order chi connectivity index (χ0) is 15.5. The van der Waals surface area contributed by atoms with Crippen LogP contribution in [0.2, 0.25) is 0 Å². The minimum Gasteiger partial charge on any atom is -0.306 e. The Morgan fingerprint density at radius 1 is 1.05 bits per heavy atom. The molecule has 0 aliphatic rings. The van der Waals surface area contributed by atoms with Crippen LogP contribution in [0.5, 0.6) is 0 Å². The number of nitrogens with one attached hydrogen (secondary N) is 1. The summed E-state index contributed by atoms with van der Waals surface area (Å²) in [6.45, 7) is 12.2. The maximum atomic E-state index is 3.61. The van der Waals surface area contributed by atoms with E-state index in [0.29, 0.717) is 6.04 Å². The molecule has 2 heteroatoms. The molecule has 0 aliphatic carbocycles. The van der Waals surface area contributed by atoms with Gasteiger partial charge in [-0.1, -0.05) is 52.0 Å². The second-order valence-electron chi connectivity index (χ2n) is 6.30. The molecule has 21 heavy (non-hydrogen) atoms. The molecular weight excluding hydrogens is 274 g/mol. The van der Waals surface area contributed by atoms with Crippen LogP contribution in [0.25, 0.3) is 0 Å². The molecule has 1 aromatic carbocycles. The van der Waals surface area contributed by atoms with Gasteiger partial charge >= 0.3 is 0 Å². The molecule has 1 N–H and O–H groups in total. The van der Waals surface area contributed by atoms with Crippen molar-refractivity contribution in [2.45, 2.75) is 52.5 Å². The summed E-state index contributed by atoms with van der Waals surface area (Å²) in [5.74, 6) is 0. The summed E-state index contributed by atoms with van der Waals surface area (Å²) in [4.78, 5) is 2.77. The van der Waals surface area contributed by atoms with Crippen molar-refractivity contribution in [2.75, 3.05) is 6.54 Å². The molecule has 0 aliphatic heterocycles. The normalized spacial score (nSPS) is 13.4. The third kappa shape index (κ3) is 3.75. The molecule has 1 heterocycles. The number of hydrogen-bond donors (Lipinski definition) is 1. The topological polar surface area (TPSA) is 12.0 Å². The zero-order valence-corrected chi connectivity index (χ0v) is 14.7. The molecule has 114 valence electrons. The summed E-state index contributed by atoms with van der Waals surface area (Å²) in [6, 6.07) is 13.9. The Hall–Kier alpha value is -1.12. The number of rotatable bonds is 6. The smallest absolute Gasteiger partial charge is 0.0671 e. The van der Waals surface area contributed by atoms with Crippen LogP contribution in [-0.2, 0) is 5.41 Å². The second-order valence-corrected chi connectivity index (χ2v) is 7.62. The van der Waals surface area contributed by atoms with E-state index < -0.39 is 0 Å². The molecule has 0 spiro atoms. The van der Waals surface area contributed by atoms with E-state index in [1.807, 2.05) is 11.3 Å². The number of thiophene rings is 1. The van der Waals surface area contributed by atoms with Crippen LogP contribution in [0.1, 0.15) is 61.0 Å². The standard InChI is InChI=1S/C19H27NS/c1-6-19(4,5)16-11-9-15(10-12-16)18(20-7-2)17-13-8-14(3)21-17/h8-13,18,20H,6-7H2,1-5H3. The van der Waals surface area contributed by atoms with Gasteiger partial charge in [0.2, 0.25) is 0 Å². The Morgan fingerprint density at radius 2 is 1.71 bits per heavy atom. The first kappa shape index (κ1) is 16.3. The number of benzene rings is 1. The first-order chi connectivity index (χ1) is 9.97. The van der Waals surface area contributed by atoms with E-state index in [2.05, 4.69) is 76.3 Å². The van der Waals surface area contributed by atoms with Crippen molar-refractivity contribution in [2.24, 2.45) is 0 Å². The zero-order valence-electron chi connectivity index (χ0n) is 13.9. The summed E-state index contributed by atoms with van der Waals surface area (Å²) < 4.78 is 0. The van der Waals surface area contributed by atoms with E-state index >= 15 is 0 Å². The SMILES string of the molecule is CCNC(c1ccc(C(C)(C)CC)cc1)c1ccc(C)s1. The highest BCUT2D eigenvalue weighted by Crippen LogP contribution is 2.31. The molecular formula is C19H27NS. The molecule has 1 nitrogen and oxygen atoms in total. The van der Waals surface area contributed by atoms with Crippen molar-refractivity contribution in [1.82, 2.24) is 5.32 Å². The summed E-state index contributed by atoms with van der Waals surface area (Å²) in [5, 5.41) is 3.61. The van der Waals surface area contributed by atoms with Gasteiger partial charge in [-0.15, -0.1) is 11.3 Å². The monoisotopic (exact) mass is 301 g/mol. The van der Waals surface area contributed by atoms with Crippen LogP contribution in [-0.4, -0.2) is 6.54 Å². The fourth-order valence-corrected chi connectivity index (χ4v) is 3.51. The molecule has 2 aromatic rings. The van der Waals surface area contributed by atoms with E-state index in [4.69, 9.17) is 0 Å². The average Bonchev–Trinajstić information content (AvgIpc) is 2.91. The van der Waals surface area contributed by atoms with Crippen LogP contribution in [0, 0.1) is 6.92 Å². The molecule has 1 unspecified atom stereocenters. The molecule has 1 aromatic heterocycles. The van der Waals surface area contributed by atoms with Gasteiger partial charge in [-0.25, -0.2) is 0 Å². The van der Waals surface area contributed by atoms with Crippen molar-refractivity contribution in [1.29, 1.82) is 0 Å². The quantitative estimate of drug-likeness (QED) is 0.749. The molecule has 2 rings (SSSR count). The van der Waals surface area contributed by atoms with Gasteiger partial charge < -0.3 is 5.32 Å². The first-order valence-electron chi connectivity index (χ1n) is 7.88. The minimum absolute atomic E-state index is 0.256. The second kappa shape index (κ2) is 6.76. The van der Waals surface area contributed by atoms with Gasteiger partial charge in [0.05, 0.1) is 6.04 Å². The summed E-state index contributed by atoms with van der Waals surface area (Å²) in [5.41, 5.74) is 3.03. The predicted molar refractivity (Wildman–Crippen MR) is 94.3 cm³/mol. The maximum Gasteiger partial charge on any atom is 0.0671 e. The van der Waals surface area contributed by atoms with Crippen LogP contribution in [0.4, 0.5) is 0 Å². The van der Waals surface area contributed by atoms with E-state index in [0.717, 1.165) is 13.0 Å². The van der Waals surface area contributed by atoms with Gasteiger partial charge in [0.25, 0.3) is 0 Å². The molecule has 1 atom stereocenters. The lowest BCUT2D eigenvalue weighted by atomic mass is 9.82. The lowest BCUT2D eigenvalue weighted by Gasteiger charge is -2.24. The molecule has 0 fully saturated rings. The van der Waals surface area contributed by atoms with Gasteiger partial charge in [-0.3, -0.25) is 0 Å². The van der Waals surface area contributed by atoms with Crippen molar-refractivity contribution >= 4 is 11.3 Å². The van der Waals surface area contributed by atoms with Crippen LogP contribution < -0.4 is 5.32 Å². The van der Waals surface area contributed by atoms with Crippen molar-refractivity contribution < 1.29 is 0 Å². The van der Waals surface area contributed by atoms with Crippen molar-refractivity contribution in [3.8, 4) is 0 Å². The fourth-order valence-electron chi connectivity index (χ4n) is 2.53. The third-order valence-corrected chi connectivity index (χ3v) is 5.43. The van der Waals surface area contributed by atoms with Gasteiger partial charge in [0.15, 0.2) is 0 Å². The minimum atomic E-state index is 0.256. The van der Waals surface area contributed by atoms with E-state index in [1.54, 1.807) is 0 Å². The highest BCUT2D eigenvalue weighted by Gasteiger charge is 2.19. The van der Waals surface area contributed by atoms with Crippen LogP contribution in [0.3, 0.4) is 0 Å². The number of aryl methyl sites for hydroxylation is 1. The summed E-state index contributed by atoms with van der Waals surface area (Å²) in [7, 11) is 0. The van der Waals surface area contributed by atoms with Gasteiger partial charge in [-0.05, 0) is 48.6 Å².